The fourth-order valence-corrected chi connectivity index (χ4v) is 2.38. The lowest BCUT2D eigenvalue weighted by atomic mass is 9.71. The molecule has 1 aromatic rings. The van der Waals surface area contributed by atoms with Gasteiger partial charge in [0.05, 0.1) is 6.61 Å². The van der Waals surface area contributed by atoms with E-state index < -0.39 is 0 Å². The number of hydrogen-bond donors (Lipinski definition) is 1. The van der Waals surface area contributed by atoms with E-state index in [1.165, 1.54) is 24.8 Å². The zero-order valence-electron chi connectivity index (χ0n) is 9.20. The van der Waals surface area contributed by atoms with Crippen LogP contribution < -0.4 is 4.74 Å². The lowest BCUT2D eigenvalue weighted by Crippen LogP contribution is -2.37. The molecule has 15 heavy (non-hydrogen) atoms. The van der Waals surface area contributed by atoms with Crippen molar-refractivity contribution in [3.63, 3.8) is 0 Å². The molecule has 0 heterocycles. The van der Waals surface area contributed by atoms with E-state index in [0.29, 0.717) is 5.41 Å². The second kappa shape index (κ2) is 4.48. The second-order valence-electron chi connectivity index (χ2n) is 4.57. The van der Waals surface area contributed by atoms with Gasteiger partial charge in [-0.1, -0.05) is 24.6 Å². The van der Waals surface area contributed by atoms with Crippen LogP contribution in [0.25, 0.3) is 0 Å². The smallest absolute Gasteiger partial charge is 0.122 e. The van der Waals surface area contributed by atoms with Gasteiger partial charge in [-0.2, -0.15) is 12.6 Å². The normalized spacial score (nSPS) is 18.3. The Kier molecular flexibility index (Phi) is 3.25. The average molecular weight is 222 g/mol. The van der Waals surface area contributed by atoms with E-state index >= 15 is 0 Å². The fraction of sp³-hybridized carbons (Fsp3) is 0.538. The van der Waals surface area contributed by atoms with Crippen LogP contribution in [0.5, 0.6) is 5.75 Å². The van der Waals surface area contributed by atoms with Gasteiger partial charge >= 0.3 is 0 Å². The molecule has 0 bridgehead atoms. The molecule has 0 radical (unpaired) electrons. The highest BCUT2D eigenvalue weighted by Crippen LogP contribution is 2.42. The van der Waals surface area contributed by atoms with Gasteiger partial charge in [0.25, 0.3) is 0 Å². The molecule has 0 N–H and O–H groups in total. The van der Waals surface area contributed by atoms with E-state index in [4.69, 9.17) is 4.74 Å². The Bertz CT molecular complexity index is 326. The van der Waals surface area contributed by atoms with Crippen LogP contribution in [0, 0.1) is 12.3 Å². The molecule has 1 aliphatic carbocycles. The van der Waals surface area contributed by atoms with Gasteiger partial charge in [0, 0.05) is 5.41 Å². The third-order valence-corrected chi connectivity index (χ3v) is 4.05. The standard InChI is InChI=1S/C13H18OS/c1-11-5-2-3-6-12(11)14-9-13(10-15)7-4-8-13/h2-3,5-6,15H,4,7-10H2,1H3. The number of ether oxygens (including phenoxy) is 1. The minimum atomic E-state index is 0.353. The van der Waals surface area contributed by atoms with Gasteiger partial charge in [0.1, 0.15) is 5.75 Å². The molecule has 0 spiro atoms. The molecule has 0 aromatic heterocycles. The molecule has 2 heteroatoms. The summed E-state index contributed by atoms with van der Waals surface area (Å²) >= 11 is 4.42. The number of hydrogen-bond acceptors (Lipinski definition) is 2. The molecular weight excluding hydrogens is 204 g/mol. The largest absolute Gasteiger partial charge is 0.493 e. The Morgan fingerprint density at radius 3 is 2.60 bits per heavy atom. The maximum atomic E-state index is 5.89. The highest BCUT2D eigenvalue weighted by Gasteiger charge is 2.36. The Labute approximate surface area is 97.2 Å². The van der Waals surface area contributed by atoms with Crippen molar-refractivity contribution in [2.75, 3.05) is 12.4 Å². The van der Waals surface area contributed by atoms with E-state index in [1.807, 2.05) is 18.2 Å². The van der Waals surface area contributed by atoms with Gasteiger partial charge in [-0.05, 0) is 37.1 Å². The molecule has 1 aliphatic rings. The summed E-state index contributed by atoms with van der Waals surface area (Å²) in [6.07, 6.45) is 3.86. The van der Waals surface area contributed by atoms with Crippen molar-refractivity contribution in [2.24, 2.45) is 5.41 Å². The second-order valence-corrected chi connectivity index (χ2v) is 4.88. The minimum absolute atomic E-state index is 0.353. The number of thiol groups is 1. The van der Waals surface area contributed by atoms with E-state index in [0.717, 1.165) is 18.1 Å². The lowest BCUT2D eigenvalue weighted by molar-refractivity contribution is 0.0825. The van der Waals surface area contributed by atoms with Gasteiger partial charge in [-0.15, -0.1) is 0 Å². The van der Waals surface area contributed by atoms with Crippen LogP contribution in [0.3, 0.4) is 0 Å². The van der Waals surface area contributed by atoms with Crippen LogP contribution in [0.15, 0.2) is 24.3 Å². The zero-order valence-corrected chi connectivity index (χ0v) is 10.1. The predicted molar refractivity (Wildman–Crippen MR) is 66.8 cm³/mol. The molecule has 0 unspecified atom stereocenters. The van der Waals surface area contributed by atoms with E-state index in [9.17, 15) is 0 Å². The maximum Gasteiger partial charge on any atom is 0.122 e. The van der Waals surface area contributed by atoms with Crippen LogP contribution in [0.4, 0.5) is 0 Å². The molecular formula is C13H18OS. The topological polar surface area (TPSA) is 9.23 Å². The summed E-state index contributed by atoms with van der Waals surface area (Å²) in [7, 11) is 0. The van der Waals surface area contributed by atoms with Crippen LogP contribution in [-0.4, -0.2) is 12.4 Å². The fourth-order valence-electron chi connectivity index (χ4n) is 1.97. The Balaban J connectivity index is 1.95. The molecule has 2 rings (SSSR count). The van der Waals surface area contributed by atoms with Crippen molar-refractivity contribution in [3.05, 3.63) is 29.8 Å². The number of benzene rings is 1. The summed E-state index contributed by atoms with van der Waals surface area (Å²) in [4.78, 5) is 0. The number of rotatable bonds is 4. The SMILES string of the molecule is Cc1ccccc1OCC1(CS)CCC1. The van der Waals surface area contributed by atoms with Crippen molar-refractivity contribution in [1.82, 2.24) is 0 Å². The van der Waals surface area contributed by atoms with Crippen molar-refractivity contribution in [3.8, 4) is 5.75 Å². The number of aryl methyl sites for hydroxylation is 1. The average Bonchev–Trinajstić information content (AvgIpc) is 2.19. The molecule has 0 amide bonds. The molecule has 0 aliphatic heterocycles. The first kappa shape index (κ1) is 10.9. The lowest BCUT2D eigenvalue weighted by Gasteiger charge is -2.40. The van der Waals surface area contributed by atoms with Gasteiger partial charge in [0.15, 0.2) is 0 Å². The Hall–Kier alpha value is -0.630. The first-order chi connectivity index (χ1) is 7.26. The maximum absolute atomic E-state index is 5.89. The highest BCUT2D eigenvalue weighted by molar-refractivity contribution is 7.80. The van der Waals surface area contributed by atoms with Crippen LogP contribution in [-0.2, 0) is 0 Å². The third-order valence-electron chi connectivity index (χ3n) is 3.38. The first-order valence-corrected chi connectivity index (χ1v) is 6.18. The van der Waals surface area contributed by atoms with E-state index in [-0.39, 0.29) is 0 Å². The monoisotopic (exact) mass is 222 g/mol. The molecule has 1 aromatic carbocycles. The third kappa shape index (κ3) is 2.31. The summed E-state index contributed by atoms with van der Waals surface area (Å²) in [6.45, 7) is 2.91. The first-order valence-electron chi connectivity index (χ1n) is 5.55. The summed E-state index contributed by atoms with van der Waals surface area (Å²) in [6, 6.07) is 8.19. The Morgan fingerprint density at radius 2 is 2.07 bits per heavy atom. The summed E-state index contributed by atoms with van der Waals surface area (Å²) < 4.78 is 5.89. The minimum Gasteiger partial charge on any atom is -0.493 e. The van der Waals surface area contributed by atoms with Gasteiger partial charge in [0.2, 0.25) is 0 Å². The van der Waals surface area contributed by atoms with E-state index in [1.54, 1.807) is 0 Å². The molecule has 1 nitrogen and oxygen atoms in total. The predicted octanol–water partition coefficient (Wildman–Crippen LogP) is 3.47. The van der Waals surface area contributed by atoms with Gasteiger partial charge in [-0.3, -0.25) is 0 Å². The summed E-state index contributed by atoms with van der Waals surface area (Å²) in [5.41, 5.74) is 1.57. The van der Waals surface area contributed by atoms with Crippen molar-refractivity contribution in [2.45, 2.75) is 26.2 Å². The van der Waals surface area contributed by atoms with Gasteiger partial charge in [-0.25, -0.2) is 0 Å². The van der Waals surface area contributed by atoms with Crippen molar-refractivity contribution >= 4 is 12.6 Å². The Morgan fingerprint density at radius 1 is 1.33 bits per heavy atom. The van der Waals surface area contributed by atoms with Crippen molar-refractivity contribution in [1.29, 1.82) is 0 Å². The number of para-hydroxylation sites is 1. The van der Waals surface area contributed by atoms with Crippen LogP contribution in [0.2, 0.25) is 0 Å². The molecule has 0 atom stereocenters. The molecule has 1 saturated carbocycles. The van der Waals surface area contributed by atoms with Crippen molar-refractivity contribution < 1.29 is 4.74 Å². The molecule has 0 saturated heterocycles. The highest BCUT2D eigenvalue weighted by atomic mass is 32.1. The molecule has 1 fully saturated rings. The quantitative estimate of drug-likeness (QED) is 0.767. The van der Waals surface area contributed by atoms with Crippen LogP contribution in [0.1, 0.15) is 24.8 Å². The summed E-state index contributed by atoms with van der Waals surface area (Å²) in [5.74, 6) is 1.96. The zero-order chi connectivity index (χ0) is 10.7. The molecule has 82 valence electrons. The summed E-state index contributed by atoms with van der Waals surface area (Å²) in [5, 5.41) is 0. The van der Waals surface area contributed by atoms with Gasteiger partial charge < -0.3 is 4.74 Å². The van der Waals surface area contributed by atoms with E-state index in [2.05, 4.69) is 25.6 Å². The van der Waals surface area contributed by atoms with Crippen LogP contribution >= 0.6 is 12.6 Å².